The van der Waals surface area contributed by atoms with Crippen molar-refractivity contribution in [3.8, 4) is 5.75 Å². The van der Waals surface area contributed by atoms with Gasteiger partial charge in [0.25, 0.3) is 0 Å². The summed E-state index contributed by atoms with van der Waals surface area (Å²) < 4.78 is 54.6. The van der Waals surface area contributed by atoms with Crippen LogP contribution in [0, 0.1) is 11.6 Å². The van der Waals surface area contributed by atoms with Crippen LogP contribution in [0.25, 0.3) is 0 Å². The average Bonchev–Trinajstić information content (AvgIpc) is 2.41. The Morgan fingerprint density at radius 1 is 1.00 bits per heavy atom. The van der Waals surface area contributed by atoms with Gasteiger partial charge in [0.15, 0.2) is 11.6 Å². The summed E-state index contributed by atoms with van der Waals surface area (Å²) in [5.74, 6) is -1.83. The molecule has 0 fully saturated rings. The van der Waals surface area contributed by atoms with Crippen molar-refractivity contribution < 1.29 is 22.3 Å². The molecule has 1 atom stereocenters. The van der Waals surface area contributed by atoms with E-state index in [4.69, 9.17) is 0 Å². The number of anilines is 1. The van der Waals surface area contributed by atoms with Crippen molar-refractivity contribution in [3.05, 3.63) is 59.7 Å². The molecular formula is C15H13F4NO. The van der Waals surface area contributed by atoms with Crippen molar-refractivity contribution in [3.63, 3.8) is 0 Å². The van der Waals surface area contributed by atoms with Gasteiger partial charge in [-0.05, 0) is 36.8 Å². The Hall–Kier alpha value is -2.24. The predicted octanol–water partition coefficient (Wildman–Crippen LogP) is 4.74. The minimum Gasteiger partial charge on any atom is -0.435 e. The molecule has 6 heteroatoms. The highest BCUT2D eigenvalue weighted by Crippen LogP contribution is 2.24. The molecule has 2 aromatic rings. The quantitative estimate of drug-likeness (QED) is 0.805. The number of benzene rings is 2. The highest BCUT2D eigenvalue weighted by Gasteiger charge is 2.10. The lowest BCUT2D eigenvalue weighted by atomic mass is 10.1. The summed E-state index contributed by atoms with van der Waals surface area (Å²) in [7, 11) is 0. The van der Waals surface area contributed by atoms with E-state index < -0.39 is 18.2 Å². The highest BCUT2D eigenvalue weighted by molar-refractivity contribution is 5.49. The van der Waals surface area contributed by atoms with Crippen LogP contribution in [0.5, 0.6) is 5.75 Å². The van der Waals surface area contributed by atoms with Crippen LogP contribution in [0.2, 0.25) is 0 Å². The van der Waals surface area contributed by atoms with Crippen LogP contribution >= 0.6 is 0 Å². The lowest BCUT2D eigenvalue weighted by Crippen LogP contribution is -2.08. The first-order valence-corrected chi connectivity index (χ1v) is 6.22. The molecule has 21 heavy (non-hydrogen) atoms. The van der Waals surface area contributed by atoms with Crippen LogP contribution in [0.4, 0.5) is 23.2 Å². The Morgan fingerprint density at radius 2 is 1.76 bits per heavy atom. The van der Waals surface area contributed by atoms with Gasteiger partial charge in [0.1, 0.15) is 5.75 Å². The van der Waals surface area contributed by atoms with Crippen molar-refractivity contribution in [1.82, 2.24) is 0 Å². The Bertz CT molecular complexity index is 618. The first kappa shape index (κ1) is 15.2. The predicted molar refractivity (Wildman–Crippen MR) is 71.5 cm³/mol. The first-order chi connectivity index (χ1) is 9.95. The fourth-order valence-corrected chi connectivity index (χ4v) is 1.88. The number of rotatable bonds is 5. The molecule has 1 N–H and O–H groups in total. The second-order valence-electron chi connectivity index (χ2n) is 4.45. The summed E-state index contributed by atoms with van der Waals surface area (Å²) >= 11 is 0. The summed E-state index contributed by atoms with van der Waals surface area (Å²) in [6, 6.07) is 9.28. The van der Waals surface area contributed by atoms with Crippen LogP contribution in [0.1, 0.15) is 18.5 Å². The molecule has 0 aliphatic heterocycles. The van der Waals surface area contributed by atoms with Gasteiger partial charge in [0, 0.05) is 17.8 Å². The standard InChI is InChI=1S/C15H13F4NO/c1-9(10-5-6-13(16)14(17)7-10)20-11-3-2-4-12(8-11)21-15(18)19/h2-9,15,20H,1H3. The van der Waals surface area contributed by atoms with Crippen LogP contribution in [0.3, 0.4) is 0 Å². The lowest BCUT2D eigenvalue weighted by Gasteiger charge is -2.16. The van der Waals surface area contributed by atoms with Gasteiger partial charge in [-0.1, -0.05) is 12.1 Å². The summed E-state index contributed by atoms with van der Waals surface area (Å²) in [6.45, 7) is -1.16. The normalized spacial score (nSPS) is 12.3. The van der Waals surface area contributed by atoms with Crippen LogP contribution in [-0.4, -0.2) is 6.61 Å². The van der Waals surface area contributed by atoms with Gasteiger partial charge in [0.2, 0.25) is 0 Å². The fraction of sp³-hybridized carbons (Fsp3) is 0.200. The average molecular weight is 299 g/mol. The van der Waals surface area contributed by atoms with Gasteiger partial charge in [0.05, 0.1) is 0 Å². The maximum absolute atomic E-state index is 13.2. The summed E-state index contributed by atoms with van der Waals surface area (Å²) in [5, 5.41) is 3.00. The molecule has 2 nitrogen and oxygen atoms in total. The minimum atomic E-state index is -2.90. The second kappa shape index (κ2) is 6.47. The zero-order chi connectivity index (χ0) is 15.4. The minimum absolute atomic E-state index is 0.0208. The number of hydrogen-bond donors (Lipinski definition) is 1. The number of nitrogens with one attached hydrogen (secondary N) is 1. The monoisotopic (exact) mass is 299 g/mol. The Labute approximate surface area is 119 Å². The third kappa shape index (κ3) is 4.11. The zero-order valence-corrected chi connectivity index (χ0v) is 11.1. The molecule has 0 saturated heterocycles. The lowest BCUT2D eigenvalue weighted by molar-refractivity contribution is -0.0498. The van der Waals surface area contributed by atoms with Crippen molar-refractivity contribution in [1.29, 1.82) is 0 Å². The van der Waals surface area contributed by atoms with E-state index in [0.29, 0.717) is 11.3 Å². The molecule has 0 saturated carbocycles. The molecule has 0 radical (unpaired) electrons. The maximum atomic E-state index is 13.2. The van der Waals surface area contributed by atoms with Gasteiger partial charge in [-0.3, -0.25) is 0 Å². The molecule has 2 rings (SSSR count). The third-order valence-corrected chi connectivity index (χ3v) is 2.89. The summed E-state index contributed by atoms with van der Waals surface area (Å²) in [5.41, 5.74) is 1.07. The molecule has 0 spiro atoms. The van der Waals surface area contributed by atoms with E-state index >= 15 is 0 Å². The number of halogens is 4. The van der Waals surface area contributed by atoms with Gasteiger partial charge in [-0.15, -0.1) is 0 Å². The summed E-state index contributed by atoms with van der Waals surface area (Å²) in [4.78, 5) is 0. The van der Waals surface area contributed by atoms with Gasteiger partial charge in [-0.2, -0.15) is 8.78 Å². The molecule has 1 unspecified atom stereocenters. The van der Waals surface area contributed by atoms with E-state index in [1.54, 1.807) is 19.1 Å². The van der Waals surface area contributed by atoms with E-state index in [0.717, 1.165) is 12.1 Å². The maximum Gasteiger partial charge on any atom is 0.387 e. The van der Waals surface area contributed by atoms with Crippen molar-refractivity contribution in [2.24, 2.45) is 0 Å². The van der Waals surface area contributed by atoms with Gasteiger partial charge in [-0.25, -0.2) is 8.78 Å². The first-order valence-electron chi connectivity index (χ1n) is 6.22. The van der Waals surface area contributed by atoms with Crippen molar-refractivity contribution in [2.75, 3.05) is 5.32 Å². The van der Waals surface area contributed by atoms with E-state index in [1.165, 1.54) is 18.2 Å². The van der Waals surface area contributed by atoms with Crippen LogP contribution in [-0.2, 0) is 0 Å². The topological polar surface area (TPSA) is 21.3 Å². The number of alkyl halides is 2. The van der Waals surface area contributed by atoms with E-state index in [1.807, 2.05) is 0 Å². The van der Waals surface area contributed by atoms with Crippen molar-refractivity contribution in [2.45, 2.75) is 19.6 Å². The van der Waals surface area contributed by atoms with E-state index in [2.05, 4.69) is 10.1 Å². The van der Waals surface area contributed by atoms with Gasteiger partial charge < -0.3 is 10.1 Å². The van der Waals surface area contributed by atoms with Gasteiger partial charge >= 0.3 is 6.61 Å². The Kier molecular flexibility index (Phi) is 4.67. The second-order valence-corrected chi connectivity index (χ2v) is 4.45. The highest BCUT2D eigenvalue weighted by atomic mass is 19.3. The molecule has 0 amide bonds. The largest absolute Gasteiger partial charge is 0.435 e. The Balaban J connectivity index is 2.11. The number of hydrogen-bond acceptors (Lipinski definition) is 2. The van der Waals surface area contributed by atoms with E-state index in [9.17, 15) is 17.6 Å². The molecular weight excluding hydrogens is 286 g/mol. The molecule has 0 heterocycles. The molecule has 112 valence electrons. The van der Waals surface area contributed by atoms with Crippen LogP contribution < -0.4 is 10.1 Å². The molecule has 0 aliphatic rings. The third-order valence-electron chi connectivity index (χ3n) is 2.89. The van der Waals surface area contributed by atoms with E-state index in [-0.39, 0.29) is 11.8 Å². The smallest absolute Gasteiger partial charge is 0.387 e. The molecule has 0 bridgehead atoms. The SMILES string of the molecule is CC(Nc1cccc(OC(F)F)c1)c1ccc(F)c(F)c1. The van der Waals surface area contributed by atoms with Crippen LogP contribution in [0.15, 0.2) is 42.5 Å². The summed E-state index contributed by atoms with van der Waals surface area (Å²) in [6.07, 6.45) is 0. The molecule has 0 aromatic heterocycles. The zero-order valence-electron chi connectivity index (χ0n) is 11.1. The Morgan fingerprint density at radius 3 is 2.43 bits per heavy atom. The fourth-order valence-electron chi connectivity index (χ4n) is 1.88. The molecule has 2 aromatic carbocycles. The molecule has 0 aliphatic carbocycles. The number of ether oxygens (including phenoxy) is 1. The van der Waals surface area contributed by atoms with Crippen molar-refractivity contribution >= 4 is 5.69 Å².